The van der Waals surface area contributed by atoms with Crippen LogP contribution in [-0.4, -0.2) is 9.78 Å². The second kappa shape index (κ2) is 3.30. The predicted octanol–water partition coefficient (Wildman–Crippen LogP) is 2.64. The summed E-state index contributed by atoms with van der Waals surface area (Å²) in [5.74, 6) is 0.588. The first-order valence-corrected chi connectivity index (χ1v) is 4.61. The molecule has 0 unspecified atom stereocenters. The molecule has 0 bridgehead atoms. The third-order valence-corrected chi connectivity index (χ3v) is 2.31. The standard InChI is InChI=1S/C10H18N2/c1-6-12-9(5)10(7(2)3)8(4)11-12/h7H,6H2,1-5H3. The van der Waals surface area contributed by atoms with Crippen LogP contribution < -0.4 is 0 Å². The van der Waals surface area contributed by atoms with Gasteiger partial charge in [0.1, 0.15) is 0 Å². The lowest BCUT2D eigenvalue weighted by molar-refractivity contribution is 0.632. The maximum Gasteiger partial charge on any atom is 0.0631 e. The Morgan fingerprint density at radius 3 is 2.17 bits per heavy atom. The number of nitrogens with zero attached hydrogens (tertiary/aromatic N) is 2. The van der Waals surface area contributed by atoms with Crippen LogP contribution in [0.25, 0.3) is 0 Å². The van der Waals surface area contributed by atoms with Gasteiger partial charge in [-0.3, -0.25) is 4.68 Å². The van der Waals surface area contributed by atoms with E-state index in [1.165, 1.54) is 17.0 Å². The van der Waals surface area contributed by atoms with E-state index < -0.39 is 0 Å². The molecule has 12 heavy (non-hydrogen) atoms. The molecule has 1 aromatic heterocycles. The van der Waals surface area contributed by atoms with Crippen LogP contribution in [0.2, 0.25) is 0 Å². The van der Waals surface area contributed by atoms with Crippen molar-refractivity contribution in [1.29, 1.82) is 0 Å². The first-order valence-electron chi connectivity index (χ1n) is 4.61. The van der Waals surface area contributed by atoms with Crippen LogP contribution in [0.3, 0.4) is 0 Å². The minimum absolute atomic E-state index is 0.588. The van der Waals surface area contributed by atoms with Crippen molar-refractivity contribution in [3.8, 4) is 0 Å². The monoisotopic (exact) mass is 166 g/mol. The molecule has 0 aliphatic carbocycles. The van der Waals surface area contributed by atoms with Crippen molar-refractivity contribution in [2.24, 2.45) is 0 Å². The lowest BCUT2D eigenvalue weighted by atomic mass is 10.0. The van der Waals surface area contributed by atoms with Crippen LogP contribution in [0.15, 0.2) is 0 Å². The summed E-state index contributed by atoms with van der Waals surface area (Å²) in [6.07, 6.45) is 0. The average molecular weight is 166 g/mol. The van der Waals surface area contributed by atoms with Crippen LogP contribution >= 0.6 is 0 Å². The largest absolute Gasteiger partial charge is 0.270 e. The molecule has 0 amide bonds. The first kappa shape index (κ1) is 9.30. The fourth-order valence-electron chi connectivity index (χ4n) is 1.85. The van der Waals surface area contributed by atoms with Gasteiger partial charge in [0.05, 0.1) is 5.69 Å². The van der Waals surface area contributed by atoms with E-state index in [0.717, 1.165) is 6.54 Å². The van der Waals surface area contributed by atoms with Gasteiger partial charge in [0.25, 0.3) is 0 Å². The van der Waals surface area contributed by atoms with Crippen molar-refractivity contribution in [3.05, 3.63) is 17.0 Å². The van der Waals surface area contributed by atoms with Crippen molar-refractivity contribution in [1.82, 2.24) is 9.78 Å². The second-order valence-corrected chi connectivity index (χ2v) is 3.55. The summed E-state index contributed by atoms with van der Waals surface area (Å²) in [5.41, 5.74) is 3.92. The number of hydrogen-bond donors (Lipinski definition) is 0. The second-order valence-electron chi connectivity index (χ2n) is 3.55. The minimum atomic E-state index is 0.588. The zero-order chi connectivity index (χ0) is 9.30. The summed E-state index contributed by atoms with van der Waals surface area (Å²) in [7, 11) is 0. The van der Waals surface area contributed by atoms with Crippen LogP contribution in [0.5, 0.6) is 0 Å². The van der Waals surface area contributed by atoms with E-state index in [9.17, 15) is 0 Å². The van der Waals surface area contributed by atoms with E-state index in [0.29, 0.717) is 5.92 Å². The Bertz CT molecular complexity index is 272. The molecule has 1 aromatic rings. The Labute approximate surface area is 74.6 Å². The summed E-state index contributed by atoms with van der Waals surface area (Å²) < 4.78 is 2.07. The number of hydrogen-bond acceptors (Lipinski definition) is 1. The van der Waals surface area contributed by atoms with E-state index in [2.05, 4.69) is 44.4 Å². The molecule has 1 rings (SSSR count). The molecular weight excluding hydrogens is 148 g/mol. The molecule has 0 atom stereocenters. The maximum atomic E-state index is 4.47. The molecule has 0 saturated carbocycles. The van der Waals surface area contributed by atoms with Crippen LogP contribution in [0.1, 0.15) is 43.6 Å². The normalized spacial score (nSPS) is 11.2. The number of aryl methyl sites for hydroxylation is 2. The highest BCUT2D eigenvalue weighted by Crippen LogP contribution is 2.22. The summed E-state index contributed by atoms with van der Waals surface area (Å²) >= 11 is 0. The molecule has 0 N–H and O–H groups in total. The van der Waals surface area contributed by atoms with E-state index in [1.54, 1.807) is 0 Å². The molecule has 0 radical (unpaired) electrons. The van der Waals surface area contributed by atoms with Gasteiger partial charge in [0.15, 0.2) is 0 Å². The van der Waals surface area contributed by atoms with Gasteiger partial charge >= 0.3 is 0 Å². The molecule has 0 saturated heterocycles. The quantitative estimate of drug-likeness (QED) is 0.660. The van der Waals surface area contributed by atoms with Gasteiger partial charge in [-0.2, -0.15) is 5.10 Å². The molecule has 0 fully saturated rings. The summed E-state index contributed by atoms with van der Waals surface area (Å²) in [6.45, 7) is 11.8. The molecule has 0 aliphatic rings. The van der Waals surface area contributed by atoms with Crippen molar-refractivity contribution in [3.63, 3.8) is 0 Å². The molecular formula is C10H18N2. The van der Waals surface area contributed by atoms with Gasteiger partial charge in [-0.1, -0.05) is 13.8 Å². The molecule has 0 aromatic carbocycles. The smallest absolute Gasteiger partial charge is 0.0631 e. The highest BCUT2D eigenvalue weighted by molar-refractivity contribution is 5.27. The molecule has 0 spiro atoms. The van der Waals surface area contributed by atoms with E-state index in [4.69, 9.17) is 0 Å². The van der Waals surface area contributed by atoms with E-state index in [-0.39, 0.29) is 0 Å². The summed E-state index contributed by atoms with van der Waals surface area (Å²) in [4.78, 5) is 0. The van der Waals surface area contributed by atoms with Crippen molar-refractivity contribution < 1.29 is 0 Å². The Balaban J connectivity index is 3.19. The lowest BCUT2D eigenvalue weighted by Crippen LogP contribution is -1.99. The Morgan fingerprint density at radius 2 is 1.92 bits per heavy atom. The molecule has 2 heteroatoms. The highest BCUT2D eigenvalue weighted by Gasteiger charge is 2.12. The van der Waals surface area contributed by atoms with Gasteiger partial charge in [-0.25, -0.2) is 0 Å². The fraction of sp³-hybridized carbons (Fsp3) is 0.700. The minimum Gasteiger partial charge on any atom is -0.270 e. The van der Waals surface area contributed by atoms with Gasteiger partial charge < -0.3 is 0 Å². The zero-order valence-corrected chi connectivity index (χ0v) is 8.68. The van der Waals surface area contributed by atoms with E-state index >= 15 is 0 Å². The van der Waals surface area contributed by atoms with Crippen LogP contribution in [0, 0.1) is 13.8 Å². The third kappa shape index (κ3) is 1.38. The zero-order valence-electron chi connectivity index (χ0n) is 8.68. The molecule has 1 heterocycles. The Hall–Kier alpha value is -0.790. The van der Waals surface area contributed by atoms with Crippen LogP contribution in [-0.2, 0) is 6.54 Å². The third-order valence-electron chi connectivity index (χ3n) is 2.31. The van der Waals surface area contributed by atoms with Gasteiger partial charge in [0, 0.05) is 12.2 Å². The van der Waals surface area contributed by atoms with Gasteiger partial charge in [-0.05, 0) is 32.3 Å². The molecule has 0 aliphatic heterocycles. The summed E-state index contributed by atoms with van der Waals surface area (Å²) in [5, 5.41) is 4.47. The lowest BCUT2D eigenvalue weighted by Gasteiger charge is -2.05. The Morgan fingerprint density at radius 1 is 1.33 bits per heavy atom. The topological polar surface area (TPSA) is 17.8 Å². The van der Waals surface area contributed by atoms with Crippen molar-refractivity contribution in [2.45, 2.75) is 47.1 Å². The highest BCUT2D eigenvalue weighted by atomic mass is 15.3. The van der Waals surface area contributed by atoms with E-state index in [1.807, 2.05) is 0 Å². The van der Waals surface area contributed by atoms with Crippen molar-refractivity contribution in [2.75, 3.05) is 0 Å². The van der Waals surface area contributed by atoms with Crippen LogP contribution in [0.4, 0.5) is 0 Å². The maximum absolute atomic E-state index is 4.47. The van der Waals surface area contributed by atoms with Gasteiger partial charge in [-0.15, -0.1) is 0 Å². The molecule has 68 valence electrons. The van der Waals surface area contributed by atoms with Gasteiger partial charge in [0.2, 0.25) is 0 Å². The predicted molar refractivity (Wildman–Crippen MR) is 51.5 cm³/mol. The fourth-order valence-corrected chi connectivity index (χ4v) is 1.85. The number of rotatable bonds is 2. The SMILES string of the molecule is CCn1nc(C)c(C(C)C)c1C. The molecule has 2 nitrogen and oxygen atoms in total. The number of aromatic nitrogens is 2. The first-order chi connectivity index (χ1) is 5.57. The van der Waals surface area contributed by atoms with Crippen molar-refractivity contribution >= 4 is 0 Å². The Kier molecular flexibility index (Phi) is 2.55. The average Bonchev–Trinajstić information content (AvgIpc) is 2.25. The summed E-state index contributed by atoms with van der Waals surface area (Å²) in [6, 6.07) is 0.